The first-order valence-electron chi connectivity index (χ1n) is 18.0. The Morgan fingerprint density at radius 3 is 1.92 bits per heavy atom. The summed E-state index contributed by atoms with van der Waals surface area (Å²) in [5.74, 6) is 1.67. The van der Waals surface area contributed by atoms with Crippen LogP contribution in [0.4, 0.5) is 9.59 Å². The summed E-state index contributed by atoms with van der Waals surface area (Å²) in [6.45, 7) is 25.9. The van der Waals surface area contributed by atoms with E-state index in [1.54, 1.807) is 0 Å². The summed E-state index contributed by atoms with van der Waals surface area (Å²) in [7, 11) is -5.73. The minimum absolute atomic E-state index is 0.00788. The molecule has 0 aromatic rings. The van der Waals surface area contributed by atoms with Gasteiger partial charge in [0.2, 0.25) is 0 Å². The van der Waals surface area contributed by atoms with Gasteiger partial charge in [0.25, 0.3) is 0 Å². The molecule has 4 unspecified atom stereocenters. The number of alkyl carbamates (subject to hydrolysis) is 2. The molecule has 2 aliphatic carbocycles. The molecule has 11 nitrogen and oxygen atoms in total. The van der Waals surface area contributed by atoms with E-state index in [9.17, 15) is 14.4 Å². The number of ether oxygens (including phenoxy) is 4. The number of hydrogen-bond acceptors (Lipinski definition) is 9. The van der Waals surface area contributed by atoms with E-state index in [0.717, 1.165) is 50.6 Å². The Balaban J connectivity index is 1.65. The van der Waals surface area contributed by atoms with E-state index in [2.05, 4.69) is 76.9 Å². The molecule has 0 aromatic heterocycles. The van der Waals surface area contributed by atoms with Gasteiger partial charge in [-0.15, -0.1) is 0 Å². The van der Waals surface area contributed by atoms with Crippen LogP contribution < -0.4 is 10.6 Å². The highest BCUT2D eigenvalue weighted by molar-refractivity contribution is 6.87. The molecule has 2 rings (SSSR count). The van der Waals surface area contributed by atoms with Crippen LogP contribution in [0.3, 0.4) is 0 Å². The summed E-state index contributed by atoms with van der Waals surface area (Å²) in [5, 5.41) is 5.83. The number of nitrogens with one attached hydrogen (secondary N) is 2. The Morgan fingerprint density at radius 1 is 0.771 bits per heavy atom. The van der Waals surface area contributed by atoms with Gasteiger partial charge in [0.05, 0.1) is 6.61 Å². The van der Waals surface area contributed by atoms with Crippen LogP contribution in [0, 0.1) is 29.1 Å². The van der Waals surface area contributed by atoms with E-state index in [1.165, 1.54) is 6.42 Å². The second-order valence-corrected chi connectivity index (χ2v) is 28.7. The van der Waals surface area contributed by atoms with E-state index < -0.39 is 37.3 Å². The van der Waals surface area contributed by atoms with Crippen molar-refractivity contribution in [3.8, 4) is 0 Å². The van der Waals surface area contributed by atoms with Gasteiger partial charge >= 0.3 is 26.7 Å². The van der Waals surface area contributed by atoms with E-state index in [1.807, 2.05) is 0 Å². The molecular weight excluding hydrogens is 665 g/mol. The first-order chi connectivity index (χ1) is 22.4. The van der Waals surface area contributed by atoms with Gasteiger partial charge < -0.3 is 37.8 Å². The van der Waals surface area contributed by atoms with E-state index in [-0.39, 0.29) is 24.7 Å². The van der Waals surface area contributed by atoms with Gasteiger partial charge in [-0.05, 0) is 120 Å². The molecule has 278 valence electrons. The molecule has 2 aliphatic rings. The number of esters is 1. The fourth-order valence-corrected chi connectivity index (χ4v) is 19.8. The fourth-order valence-electron chi connectivity index (χ4n) is 7.25. The molecule has 2 N–H and O–H groups in total. The summed E-state index contributed by atoms with van der Waals surface area (Å²) in [6, 6.07) is 0.915. The Kier molecular flexibility index (Phi) is 17.3. The SMILES string of the molecule is C=CC(=O)OCCOC(=O)NCC1CC2CC1CC2CCNC(=O)OCC(CC)(CC)COCCC[Si](C)(O[Si](C)(C)C)O[Si](C)(C)C. The monoisotopic (exact) mass is 730 g/mol. The van der Waals surface area contributed by atoms with Crippen molar-refractivity contribution >= 4 is 43.4 Å². The summed E-state index contributed by atoms with van der Waals surface area (Å²) in [5.41, 5.74) is -0.208. The molecule has 0 heterocycles. The summed E-state index contributed by atoms with van der Waals surface area (Å²) < 4.78 is 35.0. The van der Waals surface area contributed by atoms with Crippen molar-refractivity contribution < 1.29 is 41.6 Å². The number of carbonyl (C=O) groups excluding carboxylic acids is 3. The first kappa shape index (κ1) is 42.4. The average molecular weight is 731 g/mol. The van der Waals surface area contributed by atoms with Gasteiger partial charge in [0.15, 0.2) is 16.6 Å². The van der Waals surface area contributed by atoms with Crippen LogP contribution in [0.1, 0.15) is 58.8 Å². The van der Waals surface area contributed by atoms with Crippen LogP contribution in [0.5, 0.6) is 0 Å². The van der Waals surface area contributed by atoms with Gasteiger partial charge in [-0.2, -0.15) is 0 Å². The third kappa shape index (κ3) is 15.9. The number of carbonyl (C=O) groups is 3. The molecule has 0 radical (unpaired) electrons. The molecule has 0 aromatic carbocycles. The Morgan fingerprint density at radius 2 is 1.35 bits per heavy atom. The molecule has 48 heavy (non-hydrogen) atoms. The largest absolute Gasteiger partial charge is 0.459 e. The lowest BCUT2D eigenvalue weighted by atomic mass is 9.80. The molecule has 0 spiro atoms. The van der Waals surface area contributed by atoms with Crippen molar-refractivity contribution in [2.24, 2.45) is 29.1 Å². The predicted octanol–water partition coefficient (Wildman–Crippen LogP) is 7.21. The zero-order valence-electron chi connectivity index (χ0n) is 31.4. The summed E-state index contributed by atoms with van der Waals surface area (Å²) >= 11 is 0. The predicted molar refractivity (Wildman–Crippen MR) is 196 cm³/mol. The molecular formula is C34H66N2O9Si3. The van der Waals surface area contributed by atoms with E-state index in [4.69, 9.17) is 27.2 Å². The van der Waals surface area contributed by atoms with Gasteiger partial charge in [-0.25, -0.2) is 14.4 Å². The maximum absolute atomic E-state index is 12.6. The molecule has 0 aliphatic heterocycles. The van der Waals surface area contributed by atoms with Crippen molar-refractivity contribution in [3.05, 3.63) is 12.7 Å². The van der Waals surface area contributed by atoms with E-state index >= 15 is 0 Å². The molecule has 14 heteroatoms. The molecule has 2 amide bonds. The minimum atomic E-state index is -2.28. The van der Waals surface area contributed by atoms with Crippen molar-refractivity contribution in [3.63, 3.8) is 0 Å². The summed E-state index contributed by atoms with van der Waals surface area (Å²) in [4.78, 5) is 35.6. The van der Waals surface area contributed by atoms with Crippen LogP contribution in [0.2, 0.25) is 51.9 Å². The highest BCUT2D eigenvalue weighted by atomic mass is 28.5. The maximum Gasteiger partial charge on any atom is 0.407 e. The maximum atomic E-state index is 12.6. The smallest absolute Gasteiger partial charge is 0.407 e. The van der Waals surface area contributed by atoms with Gasteiger partial charge in [0, 0.05) is 31.2 Å². The van der Waals surface area contributed by atoms with Crippen molar-refractivity contribution in [1.82, 2.24) is 10.6 Å². The van der Waals surface area contributed by atoms with Crippen LogP contribution in [0.15, 0.2) is 12.7 Å². The minimum Gasteiger partial charge on any atom is -0.459 e. The van der Waals surface area contributed by atoms with Gasteiger partial charge in [-0.1, -0.05) is 20.4 Å². The van der Waals surface area contributed by atoms with Gasteiger partial charge in [0.1, 0.15) is 19.8 Å². The Labute approximate surface area is 293 Å². The van der Waals surface area contributed by atoms with Crippen molar-refractivity contribution in [1.29, 1.82) is 0 Å². The first-order valence-corrected chi connectivity index (χ1v) is 27.3. The fraction of sp³-hybridized carbons (Fsp3) is 0.853. The Bertz CT molecular complexity index is 1010. The molecule has 2 fully saturated rings. The van der Waals surface area contributed by atoms with Crippen LogP contribution in [-0.2, 0) is 32.0 Å². The van der Waals surface area contributed by atoms with Gasteiger partial charge in [-0.3, -0.25) is 0 Å². The number of amides is 2. The van der Waals surface area contributed by atoms with Crippen molar-refractivity contribution in [2.75, 3.05) is 46.1 Å². The lowest BCUT2D eigenvalue weighted by Gasteiger charge is -2.38. The Hall–Kier alpha value is -1.72. The molecule has 2 bridgehead atoms. The molecule has 0 saturated heterocycles. The van der Waals surface area contributed by atoms with Crippen LogP contribution >= 0.6 is 0 Å². The number of rotatable bonds is 23. The topological polar surface area (TPSA) is 131 Å². The van der Waals surface area contributed by atoms with E-state index in [0.29, 0.717) is 56.6 Å². The third-order valence-electron chi connectivity index (χ3n) is 9.55. The zero-order valence-corrected chi connectivity index (χ0v) is 34.4. The standard InChI is InChI=1S/C34H66N2O9Si3/c1-11-31(37)41-18-19-42-33(39)36-24-30-23-28-22-29(30)21-27(28)15-16-35-32(38)43-26-34(12-2,13-3)25-40-17-14-20-48(10,44-46(4,5)6)45-47(7,8)9/h11,27-30H,1,12-26H2,2-10H3,(H,35,38)(H,36,39). The zero-order chi connectivity index (χ0) is 36.0. The number of fused-ring (bicyclic) bond motifs is 2. The molecule has 2 saturated carbocycles. The third-order valence-corrected chi connectivity index (χ3v) is 19.2. The highest BCUT2D eigenvalue weighted by Crippen LogP contribution is 2.52. The van der Waals surface area contributed by atoms with Crippen LogP contribution in [-0.4, -0.2) is 89.5 Å². The summed E-state index contributed by atoms with van der Waals surface area (Å²) in [6.07, 6.45) is 7.13. The molecule has 4 atom stereocenters. The number of hydrogen-bond donors (Lipinski definition) is 2. The lowest BCUT2D eigenvalue weighted by molar-refractivity contribution is -0.138. The highest BCUT2D eigenvalue weighted by Gasteiger charge is 2.45. The normalized spacial score (nSPS) is 21.1. The van der Waals surface area contributed by atoms with Crippen molar-refractivity contribution in [2.45, 2.75) is 111 Å². The second kappa shape index (κ2) is 19.6. The lowest BCUT2D eigenvalue weighted by Crippen LogP contribution is -2.52. The van der Waals surface area contributed by atoms with Crippen LogP contribution in [0.25, 0.3) is 0 Å². The quantitative estimate of drug-likeness (QED) is 0.0368. The second-order valence-electron chi connectivity index (χ2n) is 15.9. The average Bonchev–Trinajstić information content (AvgIpc) is 3.58.